The Hall–Kier alpha value is -3.75. The first-order chi connectivity index (χ1) is 20.8. The van der Waals surface area contributed by atoms with E-state index in [-0.39, 0.29) is 37.4 Å². The molecule has 0 unspecified atom stereocenters. The molecule has 0 heterocycles. The number of hydrogen-bond donors (Lipinski definition) is 9. The van der Waals surface area contributed by atoms with Crippen LogP contribution < -0.4 is 44.2 Å². The van der Waals surface area contributed by atoms with E-state index in [4.69, 9.17) is 22.9 Å². The third-order valence-corrected chi connectivity index (χ3v) is 7.01. The fraction of sp³-hybridized carbons (Fsp3) is 0.633. The molecule has 14 nitrogen and oxygen atoms in total. The molecule has 1 aromatic rings. The Labute approximate surface area is 259 Å². The van der Waals surface area contributed by atoms with Crippen molar-refractivity contribution in [1.29, 1.82) is 0 Å². The van der Waals surface area contributed by atoms with Crippen LogP contribution in [0.15, 0.2) is 24.3 Å². The molecule has 0 aliphatic carbocycles. The summed E-state index contributed by atoms with van der Waals surface area (Å²) < 4.78 is 0. The van der Waals surface area contributed by atoms with Gasteiger partial charge in [0.25, 0.3) is 0 Å². The van der Waals surface area contributed by atoms with Crippen molar-refractivity contribution in [2.75, 3.05) is 13.1 Å². The van der Waals surface area contributed by atoms with E-state index in [0.29, 0.717) is 38.8 Å². The molecule has 1 rings (SSSR count). The number of primary amides is 1. The lowest BCUT2D eigenvalue weighted by Crippen LogP contribution is -2.58. The lowest BCUT2D eigenvalue weighted by atomic mass is 10.00. The van der Waals surface area contributed by atoms with Crippen LogP contribution in [-0.2, 0) is 30.4 Å². The minimum Gasteiger partial charge on any atom is -0.508 e. The number of hydrogen-bond acceptors (Lipinski definition) is 9. The van der Waals surface area contributed by atoms with E-state index in [9.17, 15) is 29.1 Å². The number of carbonyl (C=O) groups excluding carboxylic acids is 5. The number of amides is 5. The molecule has 0 radical (unpaired) electrons. The topological polar surface area (TPSA) is 258 Å². The van der Waals surface area contributed by atoms with Crippen LogP contribution in [0.4, 0.5) is 0 Å². The van der Waals surface area contributed by atoms with Gasteiger partial charge in [-0.1, -0.05) is 26.0 Å². The molecule has 5 atom stereocenters. The highest BCUT2D eigenvalue weighted by atomic mass is 16.3. The number of benzene rings is 1. The number of carbonyl (C=O) groups is 5. The number of unbranched alkanes of at least 4 members (excludes halogenated alkanes) is 2. The summed E-state index contributed by atoms with van der Waals surface area (Å²) in [5.74, 6) is -2.89. The molecule has 0 bridgehead atoms. The Morgan fingerprint density at radius 3 is 1.61 bits per heavy atom. The fourth-order valence-corrected chi connectivity index (χ4v) is 4.41. The molecule has 0 aliphatic rings. The van der Waals surface area contributed by atoms with Crippen LogP contribution in [0.1, 0.15) is 71.3 Å². The van der Waals surface area contributed by atoms with Crippen LogP contribution in [0.25, 0.3) is 0 Å². The minimum atomic E-state index is -1.02. The van der Waals surface area contributed by atoms with Gasteiger partial charge in [-0.15, -0.1) is 0 Å². The summed E-state index contributed by atoms with van der Waals surface area (Å²) >= 11 is 0. The van der Waals surface area contributed by atoms with Gasteiger partial charge in [0, 0.05) is 0 Å². The van der Waals surface area contributed by atoms with Crippen molar-refractivity contribution in [3.8, 4) is 5.75 Å². The second-order valence-corrected chi connectivity index (χ2v) is 11.5. The molecule has 5 amide bonds. The average Bonchev–Trinajstić information content (AvgIpc) is 2.96. The first-order valence-corrected chi connectivity index (χ1v) is 15.2. The molecule has 1 aromatic carbocycles. The van der Waals surface area contributed by atoms with Gasteiger partial charge in [0.05, 0.1) is 6.04 Å². The van der Waals surface area contributed by atoms with Crippen molar-refractivity contribution >= 4 is 29.5 Å². The maximum absolute atomic E-state index is 13.5. The minimum absolute atomic E-state index is 0.0201. The highest BCUT2D eigenvalue weighted by molar-refractivity contribution is 5.95. The quantitative estimate of drug-likeness (QED) is 0.0763. The van der Waals surface area contributed by atoms with Crippen LogP contribution in [0.2, 0.25) is 0 Å². The summed E-state index contributed by atoms with van der Waals surface area (Å²) in [5.41, 5.74) is 23.4. The van der Waals surface area contributed by atoms with E-state index in [0.717, 1.165) is 5.56 Å². The molecule has 44 heavy (non-hydrogen) atoms. The molecule has 13 N–H and O–H groups in total. The summed E-state index contributed by atoms with van der Waals surface area (Å²) in [5, 5.41) is 20.2. The SMILES string of the molecule is CC(C)C[C@H](NC(=O)[C@@H](N)Cc1ccc(O)cc1)C(=O)N[C@@H](CCCCN)C(=O)N[C@@H](CCCCN)C(=O)N[C@@H](C)C(N)=O. The lowest BCUT2D eigenvalue weighted by molar-refractivity contribution is -0.134. The molecule has 0 aliphatic heterocycles. The number of phenolic OH excluding ortho intramolecular Hbond substituents is 1. The van der Waals surface area contributed by atoms with Crippen molar-refractivity contribution in [3.05, 3.63) is 29.8 Å². The summed E-state index contributed by atoms with van der Waals surface area (Å²) in [4.78, 5) is 64.3. The van der Waals surface area contributed by atoms with E-state index in [1.807, 2.05) is 13.8 Å². The van der Waals surface area contributed by atoms with Gasteiger partial charge < -0.3 is 49.3 Å². The van der Waals surface area contributed by atoms with Gasteiger partial charge in [-0.05, 0) is 95.0 Å². The van der Waals surface area contributed by atoms with Crippen molar-refractivity contribution in [3.63, 3.8) is 0 Å². The van der Waals surface area contributed by atoms with Gasteiger partial charge in [-0.2, -0.15) is 0 Å². The van der Waals surface area contributed by atoms with Gasteiger partial charge in [0.1, 0.15) is 29.9 Å². The standard InChI is InChI=1S/C30H52N8O6/c1-18(2)16-25(38-27(41)22(33)17-20-10-12-21(39)13-11-20)30(44)37-24(9-5-7-15-32)29(43)36-23(8-4-6-14-31)28(42)35-19(3)26(34)40/h10-13,18-19,22-25,39H,4-9,14-17,31-33H2,1-3H3,(H2,34,40)(H,35,42)(H,36,43)(H,37,44)(H,38,41)/t19-,22-,23-,24-,25-/m0/s1. The van der Waals surface area contributed by atoms with Crippen LogP contribution in [-0.4, -0.2) is 77.9 Å². The molecule has 0 spiro atoms. The molecular formula is C30H52N8O6. The van der Waals surface area contributed by atoms with Gasteiger partial charge in [0.15, 0.2) is 0 Å². The summed E-state index contributed by atoms with van der Waals surface area (Å²) in [6.45, 7) is 6.02. The monoisotopic (exact) mass is 620 g/mol. The predicted octanol–water partition coefficient (Wildman–Crippen LogP) is -0.989. The molecule has 0 fully saturated rings. The first kappa shape index (κ1) is 38.3. The maximum Gasteiger partial charge on any atom is 0.243 e. The zero-order chi connectivity index (χ0) is 33.2. The van der Waals surface area contributed by atoms with Gasteiger partial charge in [0.2, 0.25) is 29.5 Å². The van der Waals surface area contributed by atoms with E-state index in [1.54, 1.807) is 12.1 Å². The predicted molar refractivity (Wildman–Crippen MR) is 168 cm³/mol. The van der Waals surface area contributed by atoms with E-state index < -0.39 is 59.7 Å². The lowest BCUT2D eigenvalue weighted by Gasteiger charge is -2.27. The zero-order valence-corrected chi connectivity index (χ0v) is 26.1. The second-order valence-electron chi connectivity index (χ2n) is 11.5. The number of nitrogens with one attached hydrogen (secondary N) is 4. The Bertz CT molecular complexity index is 1070. The fourth-order valence-electron chi connectivity index (χ4n) is 4.41. The maximum atomic E-state index is 13.5. The molecule has 0 aromatic heterocycles. The Balaban J connectivity index is 3.07. The van der Waals surface area contributed by atoms with Crippen molar-refractivity contribution in [1.82, 2.24) is 21.3 Å². The molecule has 0 saturated heterocycles. The first-order valence-electron chi connectivity index (χ1n) is 15.2. The summed E-state index contributed by atoms with van der Waals surface area (Å²) in [6, 6.07) is 1.41. The van der Waals surface area contributed by atoms with Gasteiger partial charge in [-0.25, -0.2) is 0 Å². The third-order valence-electron chi connectivity index (χ3n) is 7.01. The van der Waals surface area contributed by atoms with Crippen LogP contribution in [0.3, 0.4) is 0 Å². The van der Waals surface area contributed by atoms with Crippen LogP contribution in [0, 0.1) is 5.92 Å². The third kappa shape index (κ3) is 14.6. The summed E-state index contributed by atoms with van der Waals surface area (Å²) in [7, 11) is 0. The Morgan fingerprint density at radius 2 is 1.16 bits per heavy atom. The molecule has 14 heteroatoms. The van der Waals surface area contributed by atoms with Gasteiger partial charge >= 0.3 is 0 Å². The Kier molecular flexibility index (Phi) is 17.6. The highest BCUT2D eigenvalue weighted by Crippen LogP contribution is 2.12. The van der Waals surface area contributed by atoms with Crippen molar-refractivity contribution in [2.45, 2.75) is 102 Å². The summed E-state index contributed by atoms with van der Waals surface area (Å²) in [6.07, 6.45) is 3.26. The highest BCUT2D eigenvalue weighted by Gasteiger charge is 2.31. The number of nitrogens with two attached hydrogens (primary N) is 4. The molecule has 248 valence electrons. The largest absolute Gasteiger partial charge is 0.508 e. The molecule has 0 saturated carbocycles. The number of aromatic hydroxyl groups is 1. The zero-order valence-electron chi connectivity index (χ0n) is 26.1. The van der Waals surface area contributed by atoms with Gasteiger partial charge in [-0.3, -0.25) is 24.0 Å². The van der Waals surface area contributed by atoms with Crippen molar-refractivity contribution in [2.24, 2.45) is 28.9 Å². The number of rotatable bonds is 21. The van der Waals surface area contributed by atoms with E-state index in [2.05, 4.69) is 21.3 Å². The van der Waals surface area contributed by atoms with E-state index in [1.165, 1.54) is 19.1 Å². The Morgan fingerprint density at radius 1 is 0.705 bits per heavy atom. The van der Waals surface area contributed by atoms with Crippen LogP contribution >= 0.6 is 0 Å². The average molecular weight is 621 g/mol. The second kappa shape index (κ2) is 20.3. The molecular weight excluding hydrogens is 568 g/mol. The van der Waals surface area contributed by atoms with Crippen LogP contribution in [0.5, 0.6) is 5.75 Å². The van der Waals surface area contributed by atoms with Crippen molar-refractivity contribution < 1.29 is 29.1 Å². The smallest absolute Gasteiger partial charge is 0.243 e. The van der Waals surface area contributed by atoms with E-state index >= 15 is 0 Å². The number of phenols is 1. The normalized spacial score (nSPS) is 14.5.